The van der Waals surface area contributed by atoms with Gasteiger partial charge in [-0.2, -0.15) is 0 Å². The average molecular weight is 279 g/mol. The van der Waals surface area contributed by atoms with Gasteiger partial charge in [0.2, 0.25) is 0 Å². The highest BCUT2D eigenvalue weighted by Gasteiger charge is 2.34. The molecule has 1 saturated carbocycles. The zero-order valence-corrected chi connectivity index (χ0v) is 12.4. The Labute approximate surface area is 126 Å². The van der Waals surface area contributed by atoms with Crippen molar-refractivity contribution in [2.45, 2.75) is 37.6 Å². The van der Waals surface area contributed by atoms with Crippen molar-refractivity contribution in [2.24, 2.45) is 5.73 Å². The third kappa shape index (κ3) is 2.52. The van der Waals surface area contributed by atoms with Gasteiger partial charge in [0.05, 0.1) is 0 Å². The van der Waals surface area contributed by atoms with Crippen molar-refractivity contribution in [1.82, 2.24) is 0 Å². The summed E-state index contributed by atoms with van der Waals surface area (Å²) in [4.78, 5) is 13.0. The smallest absolute Gasteiger partial charge is 0.187 e. The summed E-state index contributed by atoms with van der Waals surface area (Å²) in [5.74, 6) is 0.535. The third-order valence-corrected chi connectivity index (χ3v) is 4.60. The van der Waals surface area contributed by atoms with Crippen molar-refractivity contribution in [3.05, 3.63) is 71.3 Å². The molecule has 0 aliphatic heterocycles. The van der Waals surface area contributed by atoms with Crippen LogP contribution in [0.25, 0.3) is 0 Å². The van der Waals surface area contributed by atoms with Crippen molar-refractivity contribution >= 4 is 5.78 Å². The molecule has 2 heteroatoms. The van der Waals surface area contributed by atoms with Gasteiger partial charge >= 0.3 is 0 Å². The van der Waals surface area contributed by atoms with Crippen LogP contribution in [0, 0.1) is 0 Å². The minimum absolute atomic E-state index is 0.0104. The van der Waals surface area contributed by atoms with E-state index < -0.39 is 5.54 Å². The molecular formula is C19H21NO. The van der Waals surface area contributed by atoms with E-state index in [-0.39, 0.29) is 5.78 Å². The number of nitrogens with two attached hydrogens (primary N) is 1. The van der Waals surface area contributed by atoms with Crippen LogP contribution in [0.4, 0.5) is 0 Å². The highest BCUT2D eigenvalue weighted by molar-refractivity contribution is 6.04. The first-order valence-electron chi connectivity index (χ1n) is 7.59. The van der Waals surface area contributed by atoms with Crippen LogP contribution in [0.15, 0.2) is 54.6 Å². The van der Waals surface area contributed by atoms with Crippen LogP contribution in [0.3, 0.4) is 0 Å². The molecule has 0 heterocycles. The van der Waals surface area contributed by atoms with E-state index in [2.05, 4.69) is 6.07 Å². The topological polar surface area (TPSA) is 43.1 Å². The monoisotopic (exact) mass is 279 g/mol. The lowest BCUT2D eigenvalue weighted by atomic mass is 9.75. The van der Waals surface area contributed by atoms with Crippen molar-refractivity contribution in [3.8, 4) is 0 Å². The molecule has 1 fully saturated rings. The summed E-state index contributed by atoms with van der Waals surface area (Å²) in [5, 5.41) is 0. The molecule has 21 heavy (non-hydrogen) atoms. The van der Waals surface area contributed by atoms with E-state index in [1.54, 1.807) is 0 Å². The van der Waals surface area contributed by atoms with Crippen LogP contribution in [0.1, 0.15) is 53.6 Å². The van der Waals surface area contributed by atoms with Gasteiger partial charge < -0.3 is 5.73 Å². The number of carbonyl (C=O) groups is 1. The number of benzene rings is 2. The van der Waals surface area contributed by atoms with Crippen molar-refractivity contribution in [2.75, 3.05) is 0 Å². The summed E-state index contributed by atoms with van der Waals surface area (Å²) in [7, 11) is 0. The van der Waals surface area contributed by atoms with Crippen LogP contribution in [-0.2, 0) is 5.54 Å². The second-order valence-electron chi connectivity index (χ2n) is 6.11. The molecular weight excluding hydrogens is 258 g/mol. The summed E-state index contributed by atoms with van der Waals surface area (Å²) in [5.41, 5.74) is 8.22. The summed E-state index contributed by atoms with van der Waals surface area (Å²) < 4.78 is 0. The van der Waals surface area contributed by atoms with Crippen LogP contribution < -0.4 is 5.73 Å². The maximum absolute atomic E-state index is 13.0. The average Bonchev–Trinajstić information content (AvgIpc) is 2.46. The molecule has 0 amide bonds. The molecule has 2 N–H and O–H groups in total. The van der Waals surface area contributed by atoms with Crippen LogP contribution in [-0.4, -0.2) is 5.78 Å². The molecule has 1 atom stereocenters. The Balaban J connectivity index is 1.99. The molecule has 0 saturated heterocycles. The normalized spacial score (nSPS) is 17.8. The van der Waals surface area contributed by atoms with Crippen LogP contribution in [0.5, 0.6) is 0 Å². The lowest BCUT2D eigenvalue weighted by molar-refractivity contribution is 0.0897. The van der Waals surface area contributed by atoms with Gasteiger partial charge in [-0.25, -0.2) is 0 Å². The SMILES string of the molecule is CC(N)(C(=O)c1ccccc1C1CCC1)c1ccccc1. The van der Waals surface area contributed by atoms with Crippen LogP contribution >= 0.6 is 0 Å². The lowest BCUT2D eigenvalue weighted by Gasteiger charge is -2.30. The minimum atomic E-state index is -0.985. The Hall–Kier alpha value is -1.93. The molecule has 0 bridgehead atoms. The second kappa shape index (κ2) is 5.45. The maximum Gasteiger partial charge on any atom is 0.187 e. The maximum atomic E-state index is 13.0. The third-order valence-electron chi connectivity index (χ3n) is 4.60. The Kier molecular flexibility index (Phi) is 3.64. The predicted octanol–water partition coefficient (Wildman–Crippen LogP) is 4.01. The van der Waals surface area contributed by atoms with Crippen LogP contribution in [0.2, 0.25) is 0 Å². The summed E-state index contributed by atoms with van der Waals surface area (Å²) in [6, 6.07) is 17.6. The predicted molar refractivity (Wildman–Crippen MR) is 85.3 cm³/mol. The van der Waals surface area contributed by atoms with Gasteiger partial charge in [-0.15, -0.1) is 0 Å². The fourth-order valence-corrected chi connectivity index (χ4v) is 2.97. The van der Waals surface area contributed by atoms with E-state index >= 15 is 0 Å². The number of rotatable bonds is 4. The lowest BCUT2D eigenvalue weighted by Crippen LogP contribution is -2.42. The summed E-state index contributed by atoms with van der Waals surface area (Å²) in [6.07, 6.45) is 3.61. The van der Waals surface area contributed by atoms with Crippen molar-refractivity contribution in [1.29, 1.82) is 0 Å². The first-order valence-corrected chi connectivity index (χ1v) is 7.59. The Morgan fingerprint density at radius 1 is 1.05 bits per heavy atom. The fraction of sp³-hybridized carbons (Fsp3) is 0.316. The van der Waals surface area contributed by atoms with E-state index in [9.17, 15) is 4.79 Å². The first-order chi connectivity index (χ1) is 10.1. The van der Waals surface area contributed by atoms with E-state index in [0.717, 1.165) is 11.1 Å². The number of ketones is 1. The van der Waals surface area contributed by atoms with Gasteiger partial charge in [0.1, 0.15) is 5.54 Å². The van der Waals surface area contributed by atoms with E-state index in [1.807, 2.05) is 55.5 Å². The molecule has 2 aromatic carbocycles. The molecule has 0 aromatic heterocycles. The van der Waals surface area contributed by atoms with Crippen molar-refractivity contribution < 1.29 is 4.79 Å². The zero-order chi connectivity index (χ0) is 14.9. The molecule has 3 rings (SSSR count). The minimum Gasteiger partial charge on any atom is -0.315 e. The van der Waals surface area contributed by atoms with Gasteiger partial charge in [0.15, 0.2) is 5.78 Å². The number of carbonyl (C=O) groups excluding carboxylic acids is 1. The highest BCUT2D eigenvalue weighted by Crippen LogP contribution is 2.39. The first kappa shape index (κ1) is 14.0. The molecule has 1 aliphatic carbocycles. The summed E-state index contributed by atoms with van der Waals surface area (Å²) >= 11 is 0. The fourth-order valence-electron chi connectivity index (χ4n) is 2.97. The van der Waals surface area contributed by atoms with Crippen molar-refractivity contribution in [3.63, 3.8) is 0 Å². The van der Waals surface area contributed by atoms with E-state index in [1.165, 1.54) is 24.8 Å². The van der Waals surface area contributed by atoms with E-state index in [4.69, 9.17) is 5.73 Å². The van der Waals surface area contributed by atoms with Gasteiger partial charge in [0, 0.05) is 5.56 Å². The highest BCUT2D eigenvalue weighted by atomic mass is 16.1. The number of hydrogen-bond acceptors (Lipinski definition) is 2. The summed E-state index contributed by atoms with van der Waals surface area (Å²) in [6.45, 7) is 1.81. The molecule has 1 aliphatic rings. The quantitative estimate of drug-likeness (QED) is 0.859. The van der Waals surface area contributed by atoms with Gasteiger partial charge in [-0.1, -0.05) is 61.0 Å². The van der Waals surface area contributed by atoms with Gasteiger partial charge in [-0.3, -0.25) is 4.79 Å². The van der Waals surface area contributed by atoms with E-state index in [0.29, 0.717) is 5.92 Å². The van der Waals surface area contributed by atoms with Gasteiger partial charge in [0.25, 0.3) is 0 Å². The Bertz CT molecular complexity index is 642. The molecule has 0 radical (unpaired) electrons. The second-order valence-corrected chi connectivity index (χ2v) is 6.11. The van der Waals surface area contributed by atoms with Gasteiger partial charge in [-0.05, 0) is 36.8 Å². The molecule has 0 spiro atoms. The molecule has 1 unspecified atom stereocenters. The molecule has 2 nitrogen and oxygen atoms in total. The number of Topliss-reactive ketones (excluding diaryl/α,β-unsaturated/α-hetero) is 1. The molecule has 2 aromatic rings. The Morgan fingerprint density at radius 2 is 1.67 bits per heavy atom. The Morgan fingerprint density at radius 3 is 2.29 bits per heavy atom. The molecule has 108 valence electrons. The zero-order valence-electron chi connectivity index (χ0n) is 12.4. The standard InChI is InChI=1S/C19H21NO/c1-19(20,15-10-3-2-4-11-15)18(21)17-13-6-5-12-16(17)14-8-7-9-14/h2-6,10-14H,7-9,20H2,1H3. The number of hydrogen-bond donors (Lipinski definition) is 1. The largest absolute Gasteiger partial charge is 0.315 e.